The Balaban J connectivity index is 2.80. The summed E-state index contributed by atoms with van der Waals surface area (Å²) in [4.78, 5) is 4.03. The fraction of sp³-hybridized carbons (Fsp3) is 0.200. The minimum atomic E-state index is 0.371. The monoisotopic (exact) mass is 176 g/mol. The third-order valence-electron chi connectivity index (χ3n) is 1.54. The van der Waals surface area contributed by atoms with Crippen molar-refractivity contribution in [1.82, 2.24) is 4.98 Å². The van der Waals surface area contributed by atoms with E-state index in [1.807, 2.05) is 6.92 Å². The third kappa shape index (κ3) is 2.40. The van der Waals surface area contributed by atoms with Crippen LogP contribution in [0.4, 0.5) is 0 Å². The summed E-state index contributed by atoms with van der Waals surface area (Å²) in [6.45, 7) is 6.02. The Morgan fingerprint density at radius 3 is 2.92 bits per heavy atom. The Labute approximate surface area is 77.6 Å². The third-order valence-corrected chi connectivity index (χ3v) is 1.54. The molecule has 0 radical (unpaired) electrons. The molecule has 1 aromatic heterocycles. The minimum absolute atomic E-state index is 0.371. The van der Waals surface area contributed by atoms with Crippen molar-refractivity contribution in [2.45, 2.75) is 6.92 Å². The molecule has 0 aromatic carbocycles. The first-order valence-corrected chi connectivity index (χ1v) is 4.08. The highest BCUT2D eigenvalue weighted by Crippen LogP contribution is 2.07. The zero-order chi connectivity index (χ0) is 9.68. The highest BCUT2D eigenvalue weighted by atomic mass is 16.5. The molecule has 0 bridgehead atoms. The van der Waals surface area contributed by atoms with Gasteiger partial charge in [0.05, 0.1) is 12.3 Å². The van der Waals surface area contributed by atoms with E-state index in [1.165, 1.54) is 6.08 Å². The van der Waals surface area contributed by atoms with Gasteiger partial charge < -0.3 is 10.1 Å². The number of hydrogen-bond donors (Lipinski definition) is 1. The Hall–Kier alpha value is -1.64. The predicted molar refractivity (Wildman–Crippen MR) is 52.4 cm³/mol. The van der Waals surface area contributed by atoms with Crippen molar-refractivity contribution < 1.29 is 4.74 Å². The van der Waals surface area contributed by atoms with Crippen LogP contribution in [0.1, 0.15) is 12.5 Å². The smallest absolute Gasteiger partial charge is 0.213 e. The Kier molecular flexibility index (Phi) is 3.20. The number of pyridine rings is 1. The van der Waals surface area contributed by atoms with Gasteiger partial charge in [-0.15, -0.1) is 0 Å². The molecule has 1 heterocycles. The summed E-state index contributed by atoms with van der Waals surface area (Å²) in [5.74, 6) is 0.586. The van der Waals surface area contributed by atoms with E-state index in [2.05, 4.69) is 11.6 Å². The second-order valence-corrected chi connectivity index (χ2v) is 2.44. The molecular formula is C10H12N2O. The van der Waals surface area contributed by atoms with Crippen molar-refractivity contribution in [3.05, 3.63) is 36.5 Å². The molecule has 0 saturated heterocycles. The number of nitrogens with one attached hydrogen (secondary N) is 1. The number of allylic oxidation sites excluding steroid dienone is 1. The predicted octanol–water partition coefficient (Wildman–Crippen LogP) is 2.03. The lowest BCUT2D eigenvalue weighted by Gasteiger charge is -2.02. The van der Waals surface area contributed by atoms with Crippen molar-refractivity contribution in [1.29, 1.82) is 5.41 Å². The van der Waals surface area contributed by atoms with Crippen molar-refractivity contribution in [2.24, 2.45) is 0 Å². The highest BCUT2D eigenvalue weighted by Gasteiger charge is 1.98. The summed E-state index contributed by atoms with van der Waals surface area (Å²) in [5.41, 5.74) is 1.12. The van der Waals surface area contributed by atoms with Crippen LogP contribution < -0.4 is 4.74 Å². The summed E-state index contributed by atoms with van der Waals surface area (Å²) in [6.07, 6.45) is 3.09. The summed E-state index contributed by atoms with van der Waals surface area (Å²) >= 11 is 0. The summed E-state index contributed by atoms with van der Waals surface area (Å²) in [6, 6.07) is 3.54. The van der Waals surface area contributed by atoms with Crippen LogP contribution in [0.3, 0.4) is 0 Å². The summed E-state index contributed by atoms with van der Waals surface area (Å²) < 4.78 is 5.17. The maximum atomic E-state index is 7.45. The van der Waals surface area contributed by atoms with E-state index in [0.717, 1.165) is 5.56 Å². The van der Waals surface area contributed by atoms with Gasteiger partial charge in [-0.05, 0) is 19.1 Å². The molecule has 68 valence electrons. The van der Waals surface area contributed by atoms with Gasteiger partial charge in [0.25, 0.3) is 0 Å². The first-order valence-electron chi connectivity index (χ1n) is 4.08. The molecule has 1 N–H and O–H groups in total. The van der Waals surface area contributed by atoms with E-state index < -0.39 is 0 Å². The van der Waals surface area contributed by atoms with Gasteiger partial charge in [-0.25, -0.2) is 4.98 Å². The second-order valence-electron chi connectivity index (χ2n) is 2.44. The van der Waals surface area contributed by atoms with Crippen LogP contribution in [-0.2, 0) is 0 Å². The molecule has 0 fully saturated rings. The van der Waals surface area contributed by atoms with Crippen molar-refractivity contribution in [3.8, 4) is 5.88 Å². The van der Waals surface area contributed by atoms with Crippen LogP contribution in [0.2, 0.25) is 0 Å². The van der Waals surface area contributed by atoms with Crippen LogP contribution in [0, 0.1) is 5.41 Å². The van der Waals surface area contributed by atoms with Crippen molar-refractivity contribution in [3.63, 3.8) is 0 Å². The standard InChI is InChI=1S/C10H12N2O/c1-3-9(11)8-5-6-10(12-7-8)13-4-2/h3,5-7,11H,1,4H2,2H3. The van der Waals surface area contributed by atoms with E-state index in [4.69, 9.17) is 10.1 Å². The van der Waals surface area contributed by atoms with E-state index in [1.54, 1.807) is 18.3 Å². The molecule has 0 aliphatic rings. The molecule has 0 aliphatic carbocycles. The average molecular weight is 176 g/mol. The zero-order valence-corrected chi connectivity index (χ0v) is 7.58. The maximum absolute atomic E-state index is 7.45. The molecule has 13 heavy (non-hydrogen) atoms. The van der Waals surface area contributed by atoms with Crippen molar-refractivity contribution >= 4 is 5.71 Å². The van der Waals surface area contributed by atoms with Gasteiger partial charge in [0.2, 0.25) is 5.88 Å². The van der Waals surface area contributed by atoms with Crippen LogP contribution in [-0.4, -0.2) is 17.3 Å². The number of nitrogens with zero attached hydrogens (tertiary/aromatic N) is 1. The van der Waals surface area contributed by atoms with Gasteiger partial charge >= 0.3 is 0 Å². The molecule has 3 nitrogen and oxygen atoms in total. The number of aromatic nitrogens is 1. The molecule has 0 unspecified atom stereocenters. The van der Waals surface area contributed by atoms with Gasteiger partial charge in [-0.3, -0.25) is 0 Å². The van der Waals surface area contributed by atoms with E-state index in [0.29, 0.717) is 18.2 Å². The first-order chi connectivity index (χ1) is 6.27. The minimum Gasteiger partial charge on any atom is -0.478 e. The summed E-state index contributed by atoms with van der Waals surface area (Å²) in [7, 11) is 0. The topological polar surface area (TPSA) is 46.0 Å². The Bertz CT molecular complexity index is 303. The molecule has 0 spiro atoms. The SMILES string of the molecule is C=CC(=N)c1ccc(OCC)nc1. The molecule has 0 aliphatic heterocycles. The van der Waals surface area contributed by atoms with Gasteiger partial charge in [0.1, 0.15) is 0 Å². The lowest BCUT2D eigenvalue weighted by Crippen LogP contribution is -1.97. The highest BCUT2D eigenvalue weighted by molar-refractivity contribution is 6.05. The molecule has 1 aromatic rings. The lowest BCUT2D eigenvalue weighted by atomic mass is 10.2. The van der Waals surface area contributed by atoms with Crippen LogP contribution in [0.25, 0.3) is 0 Å². The molecule has 0 amide bonds. The maximum Gasteiger partial charge on any atom is 0.213 e. The van der Waals surface area contributed by atoms with Crippen LogP contribution >= 0.6 is 0 Å². The molecule has 0 saturated carbocycles. The Morgan fingerprint density at radius 1 is 1.69 bits per heavy atom. The fourth-order valence-corrected chi connectivity index (χ4v) is 0.891. The van der Waals surface area contributed by atoms with Crippen molar-refractivity contribution in [2.75, 3.05) is 6.61 Å². The molecule has 1 rings (SSSR count). The molecular weight excluding hydrogens is 164 g/mol. The quantitative estimate of drug-likeness (QED) is 0.713. The van der Waals surface area contributed by atoms with Crippen LogP contribution in [0.15, 0.2) is 31.0 Å². The summed E-state index contributed by atoms with van der Waals surface area (Å²) in [5, 5.41) is 7.45. The lowest BCUT2D eigenvalue weighted by molar-refractivity contribution is 0.327. The number of ether oxygens (including phenoxy) is 1. The number of rotatable bonds is 4. The first kappa shape index (κ1) is 9.45. The normalized spacial score (nSPS) is 9.31. The molecule has 3 heteroatoms. The van der Waals surface area contributed by atoms with E-state index in [-0.39, 0.29) is 0 Å². The average Bonchev–Trinajstić information content (AvgIpc) is 2.18. The number of hydrogen-bond acceptors (Lipinski definition) is 3. The molecule has 0 atom stereocenters. The zero-order valence-electron chi connectivity index (χ0n) is 7.58. The van der Waals surface area contributed by atoms with Crippen LogP contribution in [0.5, 0.6) is 5.88 Å². The second kappa shape index (κ2) is 4.40. The fourth-order valence-electron chi connectivity index (χ4n) is 0.891. The van der Waals surface area contributed by atoms with E-state index >= 15 is 0 Å². The Morgan fingerprint density at radius 2 is 2.46 bits per heavy atom. The van der Waals surface area contributed by atoms with Gasteiger partial charge in [-0.2, -0.15) is 0 Å². The van der Waals surface area contributed by atoms with E-state index in [9.17, 15) is 0 Å². The van der Waals surface area contributed by atoms with Gasteiger partial charge in [0, 0.05) is 17.8 Å². The van der Waals surface area contributed by atoms with Gasteiger partial charge in [0.15, 0.2) is 0 Å². The largest absolute Gasteiger partial charge is 0.478 e. The van der Waals surface area contributed by atoms with Gasteiger partial charge in [-0.1, -0.05) is 6.58 Å².